The summed E-state index contributed by atoms with van der Waals surface area (Å²) in [6, 6.07) is 1.27. The normalized spacial score (nSPS) is 22.4. The number of rotatable bonds is 4. The van der Waals surface area contributed by atoms with Gasteiger partial charge in [-0.05, 0) is 30.1 Å². The van der Waals surface area contributed by atoms with E-state index < -0.39 is 23.5 Å². The van der Waals surface area contributed by atoms with Crippen LogP contribution >= 0.6 is 11.5 Å². The van der Waals surface area contributed by atoms with E-state index in [-0.39, 0.29) is 17.1 Å². The van der Waals surface area contributed by atoms with Crippen LogP contribution in [0.4, 0.5) is 30.6 Å². The minimum Gasteiger partial charge on any atom is -0.381 e. The van der Waals surface area contributed by atoms with Crippen molar-refractivity contribution in [2.75, 3.05) is 37.4 Å². The van der Waals surface area contributed by atoms with Gasteiger partial charge >= 0.3 is 6.18 Å². The molecule has 2 N–H and O–H groups in total. The predicted octanol–water partition coefficient (Wildman–Crippen LogP) is 3.58. The van der Waals surface area contributed by atoms with Gasteiger partial charge in [0.15, 0.2) is 5.01 Å². The second-order valence-electron chi connectivity index (χ2n) is 9.17. The fourth-order valence-electron chi connectivity index (χ4n) is 4.50. The number of carbonyl (C=O) groups is 1. The molecule has 4 heterocycles. The first kappa shape index (κ1) is 23.4. The van der Waals surface area contributed by atoms with Crippen molar-refractivity contribution in [2.45, 2.75) is 33.0 Å². The van der Waals surface area contributed by atoms with Crippen molar-refractivity contribution in [1.29, 1.82) is 0 Å². The van der Waals surface area contributed by atoms with E-state index in [2.05, 4.69) is 56.8 Å². The highest BCUT2D eigenvalue weighted by Crippen LogP contribution is 2.43. The van der Waals surface area contributed by atoms with Gasteiger partial charge in [-0.1, -0.05) is 19.9 Å². The van der Waals surface area contributed by atoms with Crippen LogP contribution in [0.1, 0.15) is 31.3 Å². The molecular formula is C21H26F3N7OS. The lowest BCUT2D eigenvalue weighted by molar-refractivity contribution is -0.137. The third-order valence-corrected chi connectivity index (χ3v) is 7.06. The molecule has 2 aliphatic rings. The SMILES string of the molecule is CC(=O)N(C)c1cnc(Nc2nsc(C3=CC4C(CN3)N(C)CC4(C)C)n2)c(C(F)(F)F)c1. The third-order valence-electron chi connectivity index (χ3n) is 6.31. The molecule has 2 unspecified atom stereocenters. The van der Waals surface area contributed by atoms with Crippen LogP contribution in [-0.4, -0.2) is 58.4 Å². The van der Waals surface area contributed by atoms with Crippen molar-refractivity contribution in [2.24, 2.45) is 11.3 Å². The number of pyridine rings is 1. The highest BCUT2D eigenvalue weighted by atomic mass is 32.1. The number of likely N-dealkylation sites (tertiary alicyclic amines) is 1. The van der Waals surface area contributed by atoms with Gasteiger partial charge < -0.3 is 20.4 Å². The standard InChI is InChI=1S/C21H26F3N7OS/c1-11(32)31(5)12-6-14(21(22,23)24)17(26-8-12)27-19-28-18(33-29-19)15-7-13-16(9-25-15)30(4)10-20(13,2)3/h6-8,13,16,25H,9-10H2,1-5H3,(H,26,27,29). The van der Waals surface area contributed by atoms with Crippen LogP contribution in [-0.2, 0) is 11.0 Å². The highest BCUT2D eigenvalue weighted by Gasteiger charge is 2.46. The number of aromatic nitrogens is 3. The fourth-order valence-corrected chi connectivity index (χ4v) is 5.13. The Morgan fingerprint density at radius 3 is 2.79 bits per heavy atom. The second kappa shape index (κ2) is 8.24. The zero-order valence-electron chi connectivity index (χ0n) is 19.0. The van der Waals surface area contributed by atoms with Crippen molar-refractivity contribution in [1.82, 2.24) is 24.6 Å². The number of amides is 1. The van der Waals surface area contributed by atoms with Crippen molar-refractivity contribution >= 4 is 40.6 Å². The number of hydrogen-bond acceptors (Lipinski definition) is 8. The molecule has 2 aliphatic heterocycles. The number of carbonyl (C=O) groups excluding carboxylic acids is 1. The smallest absolute Gasteiger partial charge is 0.381 e. The first-order chi connectivity index (χ1) is 15.4. The predicted molar refractivity (Wildman–Crippen MR) is 121 cm³/mol. The molecular weight excluding hydrogens is 455 g/mol. The van der Waals surface area contributed by atoms with E-state index in [4.69, 9.17) is 0 Å². The third kappa shape index (κ3) is 4.54. The van der Waals surface area contributed by atoms with Crippen LogP contribution in [0.5, 0.6) is 0 Å². The largest absolute Gasteiger partial charge is 0.420 e. The van der Waals surface area contributed by atoms with Gasteiger partial charge in [-0.15, -0.1) is 0 Å². The van der Waals surface area contributed by atoms with Crippen molar-refractivity contribution < 1.29 is 18.0 Å². The number of nitrogens with one attached hydrogen (secondary N) is 2. The minimum absolute atomic E-state index is 0.0355. The van der Waals surface area contributed by atoms with Gasteiger partial charge in [0.25, 0.3) is 0 Å². The number of nitrogens with zero attached hydrogens (tertiary/aromatic N) is 5. The van der Waals surface area contributed by atoms with Gasteiger partial charge in [-0.2, -0.15) is 22.5 Å². The summed E-state index contributed by atoms with van der Waals surface area (Å²) in [5, 5.41) is 6.58. The van der Waals surface area contributed by atoms with Gasteiger partial charge in [-0.3, -0.25) is 4.79 Å². The summed E-state index contributed by atoms with van der Waals surface area (Å²) in [6.07, 6.45) is -1.31. The van der Waals surface area contributed by atoms with E-state index in [1.807, 2.05) is 0 Å². The zero-order chi connectivity index (χ0) is 24.1. The molecule has 1 amide bonds. The summed E-state index contributed by atoms with van der Waals surface area (Å²) in [4.78, 5) is 23.3. The quantitative estimate of drug-likeness (QED) is 0.690. The van der Waals surface area contributed by atoms with Crippen LogP contribution in [0.15, 0.2) is 18.3 Å². The van der Waals surface area contributed by atoms with Crippen LogP contribution in [0.25, 0.3) is 5.70 Å². The molecule has 33 heavy (non-hydrogen) atoms. The van der Waals surface area contributed by atoms with Gasteiger partial charge in [0, 0.05) is 39.0 Å². The number of anilines is 3. The average molecular weight is 482 g/mol. The summed E-state index contributed by atoms with van der Waals surface area (Å²) < 4.78 is 45.2. The van der Waals surface area contributed by atoms with Gasteiger partial charge in [0.2, 0.25) is 11.9 Å². The van der Waals surface area contributed by atoms with Crippen LogP contribution in [0.2, 0.25) is 0 Å². The van der Waals surface area contributed by atoms with E-state index >= 15 is 0 Å². The lowest BCUT2D eigenvalue weighted by Crippen LogP contribution is -2.42. The van der Waals surface area contributed by atoms with Crippen molar-refractivity contribution in [3.05, 3.63) is 28.9 Å². The first-order valence-corrected chi connectivity index (χ1v) is 11.2. The van der Waals surface area contributed by atoms with E-state index in [1.165, 1.54) is 20.2 Å². The Kier molecular flexibility index (Phi) is 5.85. The minimum atomic E-state index is -4.68. The molecule has 0 aromatic carbocycles. The lowest BCUT2D eigenvalue weighted by atomic mass is 9.77. The van der Waals surface area contributed by atoms with Crippen molar-refractivity contribution in [3.8, 4) is 0 Å². The number of halogens is 3. The maximum atomic E-state index is 13.7. The first-order valence-electron chi connectivity index (χ1n) is 10.5. The monoisotopic (exact) mass is 481 g/mol. The molecule has 0 spiro atoms. The Morgan fingerprint density at radius 2 is 2.12 bits per heavy atom. The van der Waals surface area contributed by atoms with Crippen LogP contribution < -0.4 is 15.5 Å². The van der Waals surface area contributed by atoms with Gasteiger partial charge in [0.05, 0.1) is 17.6 Å². The number of likely N-dealkylation sites (N-methyl/N-ethyl adjacent to an activating group) is 1. The summed E-state index contributed by atoms with van der Waals surface area (Å²) in [7, 11) is 3.50. The van der Waals surface area contributed by atoms with Crippen molar-refractivity contribution in [3.63, 3.8) is 0 Å². The Balaban J connectivity index is 1.59. The topological polar surface area (TPSA) is 86.3 Å². The summed E-state index contributed by atoms with van der Waals surface area (Å²) >= 11 is 1.11. The molecule has 2 atom stereocenters. The lowest BCUT2D eigenvalue weighted by Gasteiger charge is -2.32. The molecule has 178 valence electrons. The molecule has 8 nitrogen and oxygen atoms in total. The second-order valence-corrected chi connectivity index (χ2v) is 9.92. The summed E-state index contributed by atoms with van der Waals surface area (Å²) in [5.74, 6) is -0.447. The summed E-state index contributed by atoms with van der Waals surface area (Å²) in [5.41, 5.74) is -0.00743. The maximum absolute atomic E-state index is 13.7. The molecule has 12 heteroatoms. The Hall–Kier alpha value is -2.73. The molecule has 0 aliphatic carbocycles. The average Bonchev–Trinajstić information content (AvgIpc) is 3.28. The van der Waals surface area contributed by atoms with E-state index in [9.17, 15) is 18.0 Å². The molecule has 0 radical (unpaired) electrons. The van der Waals surface area contributed by atoms with E-state index in [0.717, 1.165) is 41.3 Å². The molecule has 0 bridgehead atoms. The van der Waals surface area contributed by atoms with E-state index in [0.29, 0.717) is 17.0 Å². The molecule has 2 aromatic heterocycles. The Bertz CT molecular complexity index is 1100. The van der Waals surface area contributed by atoms with Gasteiger partial charge in [0.1, 0.15) is 11.4 Å². The van der Waals surface area contributed by atoms with Crippen LogP contribution in [0.3, 0.4) is 0 Å². The molecule has 1 saturated heterocycles. The Morgan fingerprint density at radius 1 is 1.39 bits per heavy atom. The zero-order valence-corrected chi connectivity index (χ0v) is 19.8. The maximum Gasteiger partial charge on any atom is 0.420 e. The number of hydrogen-bond donors (Lipinski definition) is 2. The van der Waals surface area contributed by atoms with Gasteiger partial charge in [-0.25, -0.2) is 4.98 Å². The highest BCUT2D eigenvalue weighted by molar-refractivity contribution is 7.06. The molecule has 1 fully saturated rings. The van der Waals surface area contributed by atoms with E-state index in [1.54, 1.807) is 0 Å². The fraction of sp³-hybridized carbons (Fsp3) is 0.524. The summed E-state index contributed by atoms with van der Waals surface area (Å²) in [6.45, 7) is 7.48. The molecule has 4 rings (SSSR count). The molecule has 0 saturated carbocycles. The Labute approximate surface area is 194 Å². The van der Waals surface area contributed by atoms with Crippen LogP contribution in [0, 0.1) is 11.3 Å². The number of fused-ring (bicyclic) bond motifs is 1. The molecule has 2 aromatic rings. The number of alkyl halides is 3.